The van der Waals surface area contributed by atoms with Gasteiger partial charge in [0.05, 0.1) is 6.61 Å². The van der Waals surface area contributed by atoms with Crippen molar-refractivity contribution in [2.45, 2.75) is 26.3 Å². The highest BCUT2D eigenvalue weighted by Gasteiger charge is 2.14. The van der Waals surface area contributed by atoms with Gasteiger partial charge in [-0.15, -0.1) is 0 Å². The Labute approximate surface area is 117 Å². The highest BCUT2D eigenvalue weighted by Crippen LogP contribution is 2.03. The van der Waals surface area contributed by atoms with Crippen LogP contribution in [-0.2, 0) is 17.7 Å². The smallest absolute Gasteiger partial charge is 0.345 e. The van der Waals surface area contributed by atoms with Crippen LogP contribution in [0.1, 0.15) is 29.3 Å². The van der Waals surface area contributed by atoms with E-state index in [1.807, 2.05) is 18.2 Å². The molecule has 106 valence electrons. The fourth-order valence-electron chi connectivity index (χ4n) is 2.02. The molecule has 0 atom stereocenters. The second-order valence-corrected chi connectivity index (χ2v) is 4.45. The fraction of sp³-hybridized carbons (Fsp3) is 0.333. The SMILES string of the molecule is CCOC(=O)c1c[nH]n(CCCc2ccccc2)c1=O. The van der Waals surface area contributed by atoms with E-state index in [9.17, 15) is 9.59 Å². The maximum absolute atomic E-state index is 12.0. The summed E-state index contributed by atoms with van der Waals surface area (Å²) in [6, 6.07) is 10.1. The summed E-state index contributed by atoms with van der Waals surface area (Å²) in [5.74, 6) is -0.574. The maximum Gasteiger partial charge on any atom is 0.345 e. The number of hydrogen-bond donors (Lipinski definition) is 1. The van der Waals surface area contributed by atoms with Crippen molar-refractivity contribution in [2.24, 2.45) is 0 Å². The number of hydrogen-bond acceptors (Lipinski definition) is 3. The minimum absolute atomic E-state index is 0.0616. The van der Waals surface area contributed by atoms with E-state index < -0.39 is 5.97 Å². The molecule has 20 heavy (non-hydrogen) atoms. The summed E-state index contributed by atoms with van der Waals surface area (Å²) in [7, 11) is 0. The second-order valence-electron chi connectivity index (χ2n) is 4.45. The molecule has 2 rings (SSSR count). The molecule has 0 aliphatic carbocycles. The van der Waals surface area contributed by atoms with Crippen LogP contribution >= 0.6 is 0 Å². The van der Waals surface area contributed by atoms with Crippen LogP contribution in [-0.4, -0.2) is 22.4 Å². The molecule has 0 saturated heterocycles. The number of nitrogens with zero attached hydrogens (tertiary/aromatic N) is 1. The van der Waals surface area contributed by atoms with E-state index in [2.05, 4.69) is 17.2 Å². The summed E-state index contributed by atoms with van der Waals surface area (Å²) < 4.78 is 6.26. The first kappa shape index (κ1) is 14.1. The molecule has 1 aromatic carbocycles. The number of nitrogens with one attached hydrogen (secondary N) is 1. The zero-order chi connectivity index (χ0) is 14.4. The van der Waals surface area contributed by atoms with Crippen molar-refractivity contribution < 1.29 is 9.53 Å². The lowest BCUT2D eigenvalue weighted by atomic mass is 10.1. The van der Waals surface area contributed by atoms with Crippen LogP contribution < -0.4 is 5.56 Å². The van der Waals surface area contributed by atoms with Gasteiger partial charge >= 0.3 is 5.97 Å². The molecule has 0 aliphatic heterocycles. The number of carbonyl (C=O) groups excluding carboxylic acids is 1. The summed E-state index contributed by atoms with van der Waals surface area (Å²) in [6.45, 7) is 2.52. The van der Waals surface area contributed by atoms with Crippen molar-refractivity contribution in [3.8, 4) is 0 Å². The molecule has 1 aromatic heterocycles. The molecule has 1 N–H and O–H groups in total. The molecule has 0 amide bonds. The largest absolute Gasteiger partial charge is 0.462 e. The van der Waals surface area contributed by atoms with Gasteiger partial charge in [0.2, 0.25) is 0 Å². The van der Waals surface area contributed by atoms with Crippen molar-refractivity contribution >= 4 is 5.97 Å². The van der Waals surface area contributed by atoms with E-state index in [1.165, 1.54) is 16.4 Å². The Morgan fingerprint density at radius 3 is 2.75 bits per heavy atom. The van der Waals surface area contributed by atoms with Gasteiger partial charge in [0, 0.05) is 12.7 Å². The summed E-state index contributed by atoms with van der Waals surface area (Å²) in [6.07, 6.45) is 3.12. The normalized spacial score (nSPS) is 10.4. The fourth-order valence-corrected chi connectivity index (χ4v) is 2.02. The molecule has 5 nitrogen and oxygen atoms in total. The number of ether oxygens (including phenoxy) is 1. The zero-order valence-electron chi connectivity index (χ0n) is 11.5. The number of esters is 1. The Kier molecular flexibility index (Phi) is 4.76. The molecule has 0 saturated carbocycles. The number of aromatic amines is 1. The minimum Gasteiger partial charge on any atom is -0.462 e. The molecular weight excluding hydrogens is 256 g/mol. The zero-order valence-corrected chi connectivity index (χ0v) is 11.5. The van der Waals surface area contributed by atoms with E-state index in [-0.39, 0.29) is 17.7 Å². The first-order valence-electron chi connectivity index (χ1n) is 6.71. The molecule has 2 aromatic rings. The molecule has 0 fully saturated rings. The van der Waals surface area contributed by atoms with Crippen LogP contribution in [0.2, 0.25) is 0 Å². The second kappa shape index (κ2) is 6.75. The van der Waals surface area contributed by atoms with Gasteiger partial charge in [-0.3, -0.25) is 9.48 Å². The van der Waals surface area contributed by atoms with Crippen LogP contribution in [0.15, 0.2) is 41.3 Å². The Morgan fingerprint density at radius 1 is 1.30 bits per heavy atom. The standard InChI is InChI=1S/C15H18N2O3/c1-2-20-15(19)13-11-16-17(14(13)18)10-6-9-12-7-4-3-5-8-12/h3-5,7-8,11,16H,2,6,9-10H2,1H3. The predicted molar refractivity (Wildman–Crippen MR) is 75.8 cm³/mol. The third kappa shape index (κ3) is 3.38. The Hall–Kier alpha value is -2.30. The summed E-state index contributed by atoms with van der Waals surface area (Å²) in [5.41, 5.74) is 0.973. The highest BCUT2D eigenvalue weighted by molar-refractivity contribution is 5.88. The lowest BCUT2D eigenvalue weighted by Gasteiger charge is -2.02. The van der Waals surface area contributed by atoms with E-state index in [0.717, 1.165) is 12.8 Å². The minimum atomic E-state index is -0.574. The molecular formula is C15H18N2O3. The van der Waals surface area contributed by atoms with Gasteiger partial charge in [0.15, 0.2) is 0 Å². The van der Waals surface area contributed by atoms with Crippen molar-refractivity contribution in [1.82, 2.24) is 9.78 Å². The average molecular weight is 274 g/mol. The summed E-state index contributed by atoms with van der Waals surface area (Å²) >= 11 is 0. The van der Waals surface area contributed by atoms with Gasteiger partial charge in [-0.2, -0.15) is 0 Å². The Balaban J connectivity index is 1.94. The van der Waals surface area contributed by atoms with Crippen LogP contribution in [0.3, 0.4) is 0 Å². The third-order valence-corrected chi connectivity index (χ3v) is 3.03. The number of aryl methyl sites for hydroxylation is 2. The van der Waals surface area contributed by atoms with Crippen molar-refractivity contribution in [1.29, 1.82) is 0 Å². The van der Waals surface area contributed by atoms with E-state index in [4.69, 9.17) is 4.74 Å². The molecule has 1 heterocycles. The Morgan fingerprint density at radius 2 is 2.05 bits per heavy atom. The van der Waals surface area contributed by atoms with Crippen molar-refractivity contribution in [3.05, 3.63) is 58.0 Å². The monoisotopic (exact) mass is 274 g/mol. The van der Waals surface area contributed by atoms with Crippen molar-refractivity contribution in [2.75, 3.05) is 6.61 Å². The molecule has 5 heteroatoms. The topological polar surface area (TPSA) is 64.1 Å². The number of aromatic nitrogens is 2. The lowest BCUT2D eigenvalue weighted by Crippen LogP contribution is -2.23. The predicted octanol–water partition coefficient (Wildman–Crippen LogP) is 1.99. The van der Waals surface area contributed by atoms with Gasteiger partial charge in [0.1, 0.15) is 5.56 Å². The first-order valence-corrected chi connectivity index (χ1v) is 6.71. The first-order chi connectivity index (χ1) is 9.72. The van der Waals surface area contributed by atoms with Gasteiger partial charge in [-0.25, -0.2) is 4.79 Å². The number of H-pyrrole nitrogens is 1. The van der Waals surface area contributed by atoms with Crippen molar-refractivity contribution in [3.63, 3.8) is 0 Å². The van der Waals surface area contributed by atoms with Crippen LogP contribution in [0.25, 0.3) is 0 Å². The third-order valence-electron chi connectivity index (χ3n) is 3.03. The summed E-state index contributed by atoms with van der Waals surface area (Å²) in [4.78, 5) is 23.5. The van der Waals surface area contributed by atoms with Crippen LogP contribution in [0, 0.1) is 0 Å². The lowest BCUT2D eigenvalue weighted by molar-refractivity contribution is 0.0524. The number of carbonyl (C=O) groups is 1. The van der Waals surface area contributed by atoms with Gasteiger partial charge < -0.3 is 9.84 Å². The van der Waals surface area contributed by atoms with E-state index >= 15 is 0 Å². The van der Waals surface area contributed by atoms with E-state index in [0.29, 0.717) is 6.54 Å². The van der Waals surface area contributed by atoms with E-state index in [1.54, 1.807) is 6.92 Å². The molecule has 0 unspecified atom stereocenters. The summed E-state index contributed by atoms with van der Waals surface area (Å²) in [5, 5.41) is 2.80. The molecule has 0 spiro atoms. The number of rotatable bonds is 6. The van der Waals surface area contributed by atoms with Gasteiger partial charge in [-0.1, -0.05) is 30.3 Å². The average Bonchev–Trinajstić information content (AvgIpc) is 2.82. The molecule has 0 aliphatic rings. The molecule has 0 radical (unpaired) electrons. The van der Waals surface area contributed by atoms with Gasteiger partial charge in [0.25, 0.3) is 5.56 Å². The number of benzene rings is 1. The maximum atomic E-state index is 12.0. The quantitative estimate of drug-likeness (QED) is 0.819. The van der Waals surface area contributed by atoms with Crippen LogP contribution in [0.5, 0.6) is 0 Å². The molecule has 0 bridgehead atoms. The highest BCUT2D eigenvalue weighted by atomic mass is 16.5. The Bertz CT molecular complexity index is 614. The van der Waals surface area contributed by atoms with Crippen LogP contribution in [0.4, 0.5) is 0 Å². The van der Waals surface area contributed by atoms with Gasteiger partial charge in [-0.05, 0) is 25.3 Å².